The van der Waals surface area contributed by atoms with Crippen LogP contribution in [0.25, 0.3) is 5.57 Å². The van der Waals surface area contributed by atoms with Crippen molar-refractivity contribution >= 4 is 17.1 Å². The van der Waals surface area contributed by atoms with Crippen molar-refractivity contribution in [3.8, 4) is 0 Å². The minimum absolute atomic E-state index is 0.0256. The van der Waals surface area contributed by atoms with E-state index < -0.39 is 0 Å². The molecule has 1 aliphatic heterocycles. The zero-order valence-corrected chi connectivity index (χ0v) is 13.8. The standard InChI is InChI=1S/C19H24N2/c1-12-9-13(2)11-15(10-12)14(3)16-7-8-17(19(4,5)6)21-18(16)20/h7-11,20H,1-6H3/b16-14+,20-18?. The van der Waals surface area contributed by atoms with Crippen molar-refractivity contribution in [2.24, 2.45) is 10.4 Å². The Morgan fingerprint density at radius 1 is 1.00 bits per heavy atom. The first kappa shape index (κ1) is 15.4. The van der Waals surface area contributed by atoms with E-state index in [9.17, 15) is 0 Å². The average molecular weight is 280 g/mol. The van der Waals surface area contributed by atoms with Gasteiger partial charge in [-0.05, 0) is 44.1 Å². The summed E-state index contributed by atoms with van der Waals surface area (Å²) in [5.41, 5.74) is 6.62. The molecule has 0 radical (unpaired) electrons. The molecule has 1 aliphatic rings. The molecule has 0 saturated heterocycles. The predicted molar refractivity (Wildman–Crippen MR) is 92.3 cm³/mol. The van der Waals surface area contributed by atoms with Crippen LogP contribution in [0.5, 0.6) is 0 Å². The lowest BCUT2D eigenvalue weighted by Crippen LogP contribution is -2.22. The number of aliphatic imine (C=N–C) groups is 1. The Labute approximate surface area is 127 Å². The lowest BCUT2D eigenvalue weighted by atomic mass is 9.87. The van der Waals surface area contributed by atoms with Crippen molar-refractivity contribution in [3.63, 3.8) is 0 Å². The second-order valence-corrected chi connectivity index (χ2v) is 6.84. The number of benzene rings is 1. The van der Waals surface area contributed by atoms with Crippen LogP contribution in [0.2, 0.25) is 0 Å². The third kappa shape index (κ3) is 3.38. The van der Waals surface area contributed by atoms with Crippen LogP contribution in [0.3, 0.4) is 0 Å². The number of amidine groups is 1. The van der Waals surface area contributed by atoms with Gasteiger partial charge < -0.3 is 0 Å². The van der Waals surface area contributed by atoms with Gasteiger partial charge in [0.1, 0.15) is 0 Å². The molecular weight excluding hydrogens is 256 g/mol. The molecule has 2 nitrogen and oxygen atoms in total. The van der Waals surface area contributed by atoms with Crippen molar-refractivity contribution < 1.29 is 0 Å². The Kier molecular flexibility index (Phi) is 3.99. The van der Waals surface area contributed by atoms with Gasteiger partial charge in [-0.25, -0.2) is 4.99 Å². The highest BCUT2D eigenvalue weighted by Crippen LogP contribution is 2.27. The molecule has 110 valence electrons. The maximum atomic E-state index is 8.25. The van der Waals surface area contributed by atoms with Gasteiger partial charge >= 0.3 is 0 Å². The molecule has 2 rings (SSSR count). The molecule has 0 spiro atoms. The lowest BCUT2D eigenvalue weighted by Gasteiger charge is -2.22. The van der Waals surface area contributed by atoms with E-state index in [0.29, 0.717) is 5.84 Å². The zero-order valence-electron chi connectivity index (χ0n) is 13.8. The van der Waals surface area contributed by atoms with Gasteiger partial charge in [-0.2, -0.15) is 0 Å². The van der Waals surface area contributed by atoms with Crippen LogP contribution in [0.15, 0.2) is 40.9 Å². The topological polar surface area (TPSA) is 36.2 Å². The molecule has 0 saturated carbocycles. The third-order valence-corrected chi connectivity index (χ3v) is 3.72. The Bertz CT molecular complexity index is 660. The first-order valence-electron chi connectivity index (χ1n) is 7.34. The van der Waals surface area contributed by atoms with Gasteiger partial charge in [0.05, 0.1) is 0 Å². The molecular formula is C19H24N2. The van der Waals surface area contributed by atoms with Gasteiger partial charge in [-0.15, -0.1) is 0 Å². The monoisotopic (exact) mass is 280 g/mol. The number of aryl methyl sites for hydroxylation is 2. The quantitative estimate of drug-likeness (QED) is 0.742. The maximum Gasteiger partial charge on any atom is 0.152 e. The molecule has 0 aromatic heterocycles. The zero-order chi connectivity index (χ0) is 15.8. The van der Waals surface area contributed by atoms with Gasteiger partial charge in [0, 0.05) is 16.7 Å². The normalized spacial score (nSPS) is 17.8. The van der Waals surface area contributed by atoms with Crippen LogP contribution in [0.4, 0.5) is 0 Å². The molecule has 1 N–H and O–H groups in total. The van der Waals surface area contributed by atoms with E-state index in [1.807, 2.05) is 12.2 Å². The van der Waals surface area contributed by atoms with Gasteiger partial charge in [0.15, 0.2) is 5.84 Å². The SMILES string of the molecule is C/C(=C1/C=CC(C(C)(C)C)=NC1=N)c1cc(C)cc(C)c1. The first-order valence-corrected chi connectivity index (χ1v) is 7.34. The molecule has 1 aromatic carbocycles. The number of rotatable bonds is 1. The Hall–Kier alpha value is -1.96. The summed E-state index contributed by atoms with van der Waals surface area (Å²) in [6, 6.07) is 6.50. The van der Waals surface area contributed by atoms with Crippen LogP contribution >= 0.6 is 0 Å². The number of allylic oxidation sites excluding steroid dienone is 2. The van der Waals surface area contributed by atoms with Gasteiger partial charge in [-0.1, -0.05) is 50.1 Å². The van der Waals surface area contributed by atoms with Crippen molar-refractivity contribution in [1.82, 2.24) is 0 Å². The fourth-order valence-electron chi connectivity index (χ4n) is 2.53. The fourth-order valence-corrected chi connectivity index (χ4v) is 2.53. The Morgan fingerprint density at radius 2 is 1.57 bits per heavy atom. The minimum Gasteiger partial charge on any atom is -0.282 e. The van der Waals surface area contributed by atoms with Gasteiger partial charge in [0.2, 0.25) is 0 Å². The highest BCUT2D eigenvalue weighted by atomic mass is 14.9. The van der Waals surface area contributed by atoms with E-state index in [1.165, 1.54) is 16.7 Å². The summed E-state index contributed by atoms with van der Waals surface area (Å²) in [7, 11) is 0. The number of dihydropyridines is 1. The highest BCUT2D eigenvalue weighted by molar-refractivity contribution is 6.18. The van der Waals surface area contributed by atoms with Crippen molar-refractivity contribution in [2.45, 2.75) is 41.5 Å². The molecule has 0 amide bonds. The largest absolute Gasteiger partial charge is 0.282 e. The molecule has 1 heterocycles. The van der Waals surface area contributed by atoms with E-state index >= 15 is 0 Å². The van der Waals surface area contributed by atoms with Crippen molar-refractivity contribution in [1.29, 1.82) is 5.41 Å². The Morgan fingerprint density at radius 3 is 2.05 bits per heavy atom. The summed E-state index contributed by atoms with van der Waals surface area (Å²) in [5, 5.41) is 8.25. The smallest absolute Gasteiger partial charge is 0.152 e. The van der Waals surface area contributed by atoms with Crippen molar-refractivity contribution in [2.75, 3.05) is 0 Å². The second kappa shape index (κ2) is 5.44. The van der Waals surface area contributed by atoms with Crippen LogP contribution in [0.1, 0.15) is 44.4 Å². The molecule has 21 heavy (non-hydrogen) atoms. The number of hydrogen-bond donors (Lipinski definition) is 1. The van der Waals surface area contributed by atoms with E-state index in [2.05, 4.69) is 64.7 Å². The first-order chi connectivity index (χ1) is 9.68. The molecule has 0 fully saturated rings. The molecule has 0 aliphatic carbocycles. The van der Waals surface area contributed by atoms with Gasteiger partial charge in [0.25, 0.3) is 0 Å². The summed E-state index contributed by atoms with van der Waals surface area (Å²) in [4.78, 5) is 4.48. The van der Waals surface area contributed by atoms with E-state index in [0.717, 1.165) is 16.9 Å². The Balaban J connectivity index is 2.45. The van der Waals surface area contributed by atoms with Crippen LogP contribution < -0.4 is 0 Å². The number of nitrogens with one attached hydrogen (secondary N) is 1. The molecule has 2 heteroatoms. The summed E-state index contributed by atoms with van der Waals surface area (Å²) >= 11 is 0. The van der Waals surface area contributed by atoms with Crippen LogP contribution in [-0.4, -0.2) is 11.5 Å². The third-order valence-electron chi connectivity index (χ3n) is 3.72. The van der Waals surface area contributed by atoms with Crippen LogP contribution in [-0.2, 0) is 0 Å². The van der Waals surface area contributed by atoms with E-state index in [-0.39, 0.29) is 5.41 Å². The van der Waals surface area contributed by atoms with Gasteiger partial charge in [-0.3, -0.25) is 5.41 Å². The van der Waals surface area contributed by atoms with E-state index in [1.54, 1.807) is 0 Å². The molecule has 1 aromatic rings. The highest BCUT2D eigenvalue weighted by Gasteiger charge is 2.21. The summed E-state index contributed by atoms with van der Waals surface area (Å²) in [6.45, 7) is 12.6. The predicted octanol–water partition coefficient (Wildman–Crippen LogP) is 5.11. The average Bonchev–Trinajstić information content (AvgIpc) is 2.35. The maximum absolute atomic E-state index is 8.25. The molecule has 0 atom stereocenters. The molecule has 0 unspecified atom stereocenters. The lowest BCUT2D eigenvalue weighted by molar-refractivity contribution is 0.594. The number of hydrogen-bond acceptors (Lipinski definition) is 1. The van der Waals surface area contributed by atoms with Crippen LogP contribution in [0, 0.1) is 24.7 Å². The molecule has 0 bridgehead atoms. The number of nitrogens with zero attached hydrogens (tertiary/aromatic N) is 1. The minimum atomic E-state index is -0.0256. The fraction of sp³-hybridized carbons (Fsp3) is 0.368. The summed E-state index contributed by atoms with van der Waals surface area (Å²) in [6.07, 6.45) is 4.07. The second-order valence-electron chi connectivity index (χ2n) is 6.84. The van der Waals surface area contributed by atoms with E-state index in [4.69, 9.17) is 5.41 Å². The van der Waals surface area contributed by atoms with Crippen molar-refractivity contribution in [3.05, 3.63) is 52.6 Å². The summed E-state index contributed by atoms with van der Waals surface area (Å²) in [5.74, 6) is 0.360. The summed E-state index contributed by atoms with van der Waals surface area (Å²) < 4.78 is 0.